The van der Waals surface area contributed by atoms with Gasteiger partial charge in [-0.2, -0.15) is 5.10 Å². The summed E-state index contributed by atoms with van der Waals surface area (Å²) < 4.78 is 0. The summed E-state index contributed by atoms with van der Waals surface area (Å²) in [6, 6.07) is 17.8. The van der Waals surface area contributed by atoms with Gasteiger partial charge in [-0.3, -0.25) is 9.89 Å². The molecular formula is C26H23N7O. The second-order valence-electron chi connectivity index (χ2n) is 8.76. The van der Waals surface area contributed by atoms with Crippen molar-refractivity contribution in [2.45, 2.75) is 6.92 Å². The Labute approximate surface area is 196 Å². The summed E-state index contributed by atoms with van der Waals surface area (Å²) in [6.07, 6.45) is 5.40. The maximum atomic E-state index is 12.7. The van der Waals surface area contributed by atoms with Crippen molar-refractivity contribution >= 4 is 28.3 Å². The van der Waals surface area contributed by atoms with E-state index in [1.807, 2.05) is 65.7 Å². The molecule has 0 aliphatic carbocycles. The molecule has 2 aromatic carbocycles. The van der Waals surface area contributed by atoms with Gasteiger partial charge in [-0.15, -0.1) is 0 Å². The molecule has 1 saturated heterocycles. The second-order valence-corrected chi connectivity index (χ2v) is 8.76. The van der Waals surface area contributed by atoms with Crippen LogP contribution < -0.4 is 5.32 Å². The van der Waals surface area contributed by atoms with Gasteiger partial charge in [0.15, 0.2) is 5.82 Å². The Balaban J connectivity index is 1.22. The maximum Gasteiger partial charge on any atom is 0.270 e. The van der Waals surface area contributed by atoms with Crippen LogP contribution in [0, 0.1) is 5.92 Å². The van der Waals surface area contributed by atoms with Crippen molar-refractivity contribution in [3.05, 3.63) is 78.9 Å². The molecule has 5 aromatic rings. The average Bonchev–Trinajstić information content (AvgIpc) is 3.52. The van der Waals surface area contributed by atoms with Gasteiger partial charge in [-0.25, -0.2) is 9.97 Å². The van der Waals surface area contributed by atoms with E-state index < -0.39 is 0 Å². The van der Waals surface area contributed by atoms with E-state index >= 15 is 0 Å². The van der Waals surface area contributed by atoms with Crippen LogP contribution in [0.5, 0.6) is 0 Å². The maximum absolute atomic E-state index is 12.7. The fourth-order valence-electron chi connectivity index (χ4n) is 4.29. The van der Waals surface area contributed by atoms with Gasteiger partial charge in [0, 0.05) is 53.2 Å². The molecule has 1 aliphatic heterocycles. The van der Waals surface area contributed by atoms with E-state index in [0.29, 0.717) is 23.3 Å². The second kappa shape index (κ2) is 8.15. The zero-order chi connectivity index (χ0) is 23.1. The summed E-state index contributed by atoms with van der Waals surface area (Å²) in [5.74, 6) is 1.95. The van der Waals surface area contributed by atoms with E-state index in [1.165, 1.54) is 0 Å². The van der Waals surface area contributed by atoms with Gasteiger partial charge >= 0.3 is 0 Å². The number of nitrogens with one attached hydrogen (secondary N) is 3. The summed E-state index contributed by atoms with van der Waals surface area (Å²) in [4.78, 5) is 27.0. The molecule has 0 spiro atoms. The zero-order valence-corrected chi connectivity index (χ0v) is 18.6. The molecule has 0 atom stereocenters. The lowest BCUT2D eigenvalue weighted by Gasteiger charge is -2.36. The summed E-state index contributed by atoms with van der Waals surface area (Å²) in [5.41, 5.74) is 5.45. The van der Waals surface area contributed by atoms with Crippen LogP contribution in [0.4, 0.5) is 11.5 Å². The quantitative estimate of drug-likeness (QED) is 0.356. The minimum atomic E-state index is 0.0529. The molecule has 8 heteroatoms. The highest BCUT2D eigenvalue weighted by Crippen LogP contribution is 2.26. The molecule has 0 unspecified atom stereocenters. The molecule has 8 nitrogen and oxygen atoms in total. The van der Waals surface area contributed by atoms with E-state index in [-0.39, 0.29) is 5.91 Å². The minimum Gasteiger partial charge on any atom is -0.351 e. The number of aromatic nitrogens is 5. The minimum absolute atomic E-state index is 0.0529. The highest BCUT2D eigenvalue weighted by atomic mass is 16.2. The molecule has 3 N–H and O–H groups in total. The lowest BCUT2D eigenvalue weighted by molar-refractivity contribution is 0.0525. The summed E-state index contributed by atoms with van der Waals surface area (Å²) in [5, 5.41) is 11.2. The number of fused-ring (bicyclic) bond motifs is 1. The third-order valence-electron chi connectivity index (χ3n) is 6.11. The van der Waals surface area contributed by atoms with Crippen LogP contribution in [0.25, 0.3) is 33.4 Å². The monoisotopic (exact) mass is 449 g/mol. The first-order valence-corrected chi connectivity index (χ1v) is 11.2. The number of H-pyrrole nitrogens is 2. The summed E-state index contributed by atoms with van der Waals surface area (Å²) in [7, 11) is 0. The lowest BCUT2D eigenvalue weighted by Crippen LogP contribution is -2.48. The Morgan fingerprint density at radius 3 is 2.62 bits per heavy atom. The van der Waals surface area contributed by atoms with Gasteiger partial charge in [0.25, 0.3) is 5.91 Å². The molecule has 3 aromatic heterocycles. The van der Waals surface area contributed by atoms with Crippen molar-refractivity contribution in [2.75, 3.05) is 18.4 Å². The van der Waals surface area contributed by atoms with Gasteiger partial charge < -0.3 is 15.2 Å². The van der Waals surface area contributed by atoms with E-state index in [0.717, 1.165) is 46.4 Å². The van der Waals surface area contributed by atoms with Crippen molar-refractivity contribution in [2.24, 2.45) is 5.92 Å². The molecule has 0 saturated carbocycles. The van der Waals surface area contributed by atoms with Crippen LogP contribution in [-0.4, -0.2) is 49.0 Å². The standard InChI is InChI=1S/C26H23N7O/c1-16-14-33(15-16)26(34)23-10-18-2-3-19(11-22(18)31-23)25-27-9-8-24(32-25)30-21-6-4-17(5-7-21)20-12-28-29-13-20/h2-13,16,31H,14-15H2,1H3,(H,28,29)(H,27,30,32). The molecule has 168 valence electrons. The molecule has 6 rings (SSSR count). The molecular weight excluding hydrogens is 426 g/mol. The molecule has 1 fully saturated rings. The number of benzene rings is 2. The van der Waals surface area contributed by atoms with Crippen molar-refractivity contribution in [3.8, 4) is 22.5 Å². The van der Waals surface area contributed by atoms with Crippen molar-refractivity contribution < 1.29 is 4.79 Å². The topological polar surface area (TPSA) is 103 Å². The number of aromatic amines is 2. The Morgan fingerprint density at radius 2 is 1.85 bits per heavy atom. The van der Waals surface area contributed by atoms with Crippen LogP contribution in [-0.2, 0) is 0 Å². The largest absolute Gasteiger partial charge is 0.351 e. The van der Waals surface area contributed by atoms with Crippen molar-refractivity contribution in [1.82, 2.24) is 30.0 Å². The predicted molar refractivity (Wildman–Crippen MR) is 132 cm³/mol. The Bertz CT molecular complexity index is 1470. The van der Waals surface area contributed by atoms with Crippen molar-refractivity contribution in [3.63, 3.8) is 0 Å². The fraction of sp³-hybridized carbons (Fsp3) is 0.154. The lowest BCUT2D eigenvalue weighted by atomic mass is 10.0. The normalized spacial score (nSPS) is 13.7. The summed E-state index contributed by atoms with van der Waals surface area (Å²) in [6.45, 7) is 3.79. The third-order valence-corrected chi connectivity index (χ3v) is 6.11. The van der Waals surface area contributed by atoms with Crippen molar-refractivity contribution in [1.29, 1.82) is 0 Å². The Kier molecular flexibility index (Phi) is 4.83. The van der Waals surface area contributed by atoms with E-state index in [2.05, 4.69) is 32.4 Å². The number of hydrogen-bond acceptors (Lipinski definition) is 5. The number of rotatable bonds is 5. The number of nitrogens with zero attached hydrogens (tertiary/aromatic N) is 4. The number of hydrogen-bond donors (Lipinski definition) is 3. The molecule has 34 heavy (non-hydrogen) atoms. The summed E-state index contributed by atoms with van der Waals surface area (Å²) >= 11 is 0. The third kappa shape index (κ3) is 3.79. The molecule has 0 radical (unpaired) electrons. The van der Waals surface area contributed by atoms with Gasteiger partial charge in [0.2, 0.25) is 0 Å². The number of carbonyl (C=O) groups is 1. The molecule has 4 heterocycles. The average molecular weight is 450 g/mol. The molecule has 1 aliphatic rings. The highest BCUT2D eigenvalue weighted by molar-refractivity contribution is 5.99. The fourth-order valence-corrected chi connectivity index (χ4v) is 4.29. The smallest absolute Gasteiger partial charge is 0.270 e. The van der Waals surface area contributed by atoms with E-state index in [9.17, 15) is 4.79 Å². The number of likely N-dealkylation sites (tertiary alicyclic amines) is 1. The van der Waals surface area contributed by atoms with Crippen LogP contribution in [0.1, 0.15) is 17.4 Å². The van der Waals surface area contributed by atoms with E-state index in [1.54, 1.807) is 12.4 Å². The van der Waals surface area contributed by atoms with Crippen LogP contribution in [0.3, 0.4) is 0 Å². The first-order valence-electron chi connectivity index (χ1n) is 11.2. The van der Waals surface area contributed by atoms with Gasteiger partial charge in [-0.1, -0.05) is 31.2 Å². The number of amides is 1. The molecule has 1 amide bonds. The van der Waals surface area contributed by atoms with Crippen LogP contribution in [0.15, 0.2) is 73.2 Å². The van der Waals surface area contributed by atoms with Gasteiger partial charge in [0.1, 0.15) is 11.5 Å². The number of anilines is 2. The van der Waals surface area contributed by atoms with Crippen LogP contribution >= 0.6 is 0 Å². The zero-order valence-electron chi connectivity index (χ0n) is 18.6. The number of carbonyl (C=O) groups excluding carboxylic acids is 1. The SMILES string of the molecule is CC1CN(C(=O)c2cc3ccc(-c4nccc(Nc5ccc(-c6cn[nH]c6)cc5)n4)cc3[nH]2)C1. The van der Waals surface area contributed by atoms with Crippen LogP contribution in [0.2, 0.25) is 0 Å². The van der Waals surface area contributed by atoms with E-state index in [4.69, 9.17) is 4.98 Å². The Hall–Kier alpha value is -4.46. The first kappa shape index (κ1) is 20.2. The highest BCUT2D eigenvalue weighted by Gasteiger charge is 2.28. The van der Waals surface area contributed by atoms with Gasteiger partial charge in [-0.05, 0) is 41.8 Å². The predicted octanol–water partition coefficient (Wildman–Crippen LogP) is 4.85. The Morgan fingerprint density at radius 1 is 1.03 bits per heavy atom. The molecule has 0 bridgehead atoms. The van der Waals surface area contributed by atoms with Gasteiger partial charge in [0.05, 0.1) is 6.20 Å². The first-order chi connectivity index (χ1) is 16.6.